The summed E-state index contributed by atoms with van der Waals surface area (Å²) in [6.07, 6.45) is 1.00. The van der Waals surface area contributed by atoms with E-state index in [9.17, 15) is 34.2 Å². The van der Waals surface area contributed by atoms with Crippen molar-refractivity contribution in [2.24, 2.45) is 5.41 Å². The van der Waals surface area contributed by atoms with Crippen LogP contribution in [0.15, 0.2) is 96.5 Å². The lowest BCUT2D eigenvalue weighted by molar-refractivity contribution is -0.144. The van der Waals surface area contributed by atoms with Gasteiger partial charge in [0, 0.05) is 55.0 Å². The molecule has 0 radical (unpaired) electrons. The van der Waals surface area contributed by atoms with Crippen molar-refractivity contribution in [3.05, 3.63) is 141 Å². The summed E-state index contributed by atoms with van der Waals surface area (Å²) in [5, 5.41) is 30.5. The summed E-state index contributed by atoms with van der Waals surface area (Å²) >= 11 is 4.36. The molecule has 3 unspecified atom stereocenters. The van der Waals surface area contributed by atoms with Gasteiger partial charge >= 0.3 is 5.97 Å². The van der Waals surface area contributed by atoms with Gasteiger partial charge in [0.1, 0.15) is 24.4 Å². The first kappa shape index (κ1) is 69.6. The number of benzene rings is 4. The second kappa shape index (κ2) is 35.0. The van der Waals surface area contributed by atoms with Crippen molar-refractivity contribution in [3.63, 3.8) is 0 Å². The van der Waals surface area contributed by atoms with Crippen LogP contribution in [0.2, 0.25) is 0 Å². The molecule has 4 amide bonds. The SMILES string of the molecule is Cc1ncsc1-c1ccc(CNC(=O)C2CC(O)CN2C(=O)C(NC(=O)CCOCCOCCOCCOCCOCCOCC#Cc2ccc(OCCCc3sc(N4CCc5cccc(C(=O)Nc6nc7ccccc7s6)c5C4)nc3C(=O)O)cc2)C(C)(C)C)cc1. The van der Waals surface area contributed by atoms with E-state index in [1.54, 1.807) is 11.3 Å². The van der Waals surface area contributed by atoms with Crippen molar-refractivity contribution in [1.29, 1.82) is 0 Å². The summed E-state index contributed by atoms with van der Waals surface area (Å²) in [5.41, 5.74) is 8.23. The number of carboxylic acids is 1. The largest absolute Gasteiger partial charge is 0.494 e. The van der Waals surface area contributed by atoms with Gasteiger partial charge in [0.15, 0.2) is 16.0 Å². The van der Waals surface area contributed by atoms with E-state index in [0.29, 0.717) is 125 Å². The molecule has 25 heteroatoms. The van der Waals surface area contributed by atoms with Crippen LogP contribution in [0.1, 0.15) is 93.7 Å². The second-order valence-corrected chi connectivity index (χ2v) is 26.2. The maximum absolute atomic E-state index is 14.0. The van der Waals surface area contributed by atoms with Crippen LogP contribution >= 0.6 is 34.0 Å². The number of aromatic nitrogens is 3. The molecule has 0 saturated carbocycles. The minimum atomic E-state index is -1.08. The number of anilines is 2. The summed E-state index contributed by atoms with van der Waals surface area (Å²) in [7, 11) is 0. The van der Waals surface area contributed by atoms with Crippen molar-refractivity contribution in [3.8, 4) is 28.0 Å². The van der Waals surface area contributed by atoms with Gasteiger partial charge in [-0.2, -0.15) is 0 Å². The molecule has 22 nitrogen and oxygen atoms in total. The molecule has 93 heavy (non-hydrogen) atoms. The molecule has 0 bridgehead atoms. The van der Waals surface area contributed by atoms with Crippen LogP contribution in [-0.4, -0.2) is 177 Å². The van der Waals surface area contributed by atoms with Crippen LogP contribution in [0.4, 0.5) is 10.3 Å². The molecular weight excluding hydrogens is 1250 g/mol. The fourth-order valence-corrected chi connectivity index (χ4v) is 13.2. The third kappa shape index (κ3) is 20.6. The van der Waals surface area contributed by atoms with Crippen LogP contribution in [-0.2, 0) is 68.7 Å². The zero-order chi connectivity index (χ0) is 65.5. The number of hydrogen-bond acceptors (Lipinski definition) is 20. The molecule has 3 atom stereocenters. The Bertz CT molecular complexity index is 3640. The number of fused-ring (bicyclic) bond motifs is 2. The Labute approximate surface area is 553 Å². The van der Waals surface area contributed by atoms with Gasteiger partial charge in [0.2, 0.25) is 17.7 Å². The van der Waals surface area contributed by atoms with E-state index >= 15 is 0 Å². The van der Waals surface area contributed by atoms with Gasteiger partial charge in [-0.25, -0.2) is 19.7 Å². The Morgan fingerprint density at radius 3 is 2.14 bits per heavy atom. The fraction of sp³-hybridized carbons (Fsp3) is 0.441. The summed E-state index contributed by atoms with van der Waals surface area (Å²) in [6, 6.07) is 27.0. The predicted octanol–water partition coefficient (Wildman–Crippen LogP) is 8.36. The average Bonchev–Trinajstić information content (AvgIpc) is 1.80. The molecule has 9 rings (SSSR count). The van der Waals surface area contributed by atoms with Gasteiger partial charge in [-0.05, 0) is 96.3 Å². The molecule has 5 heterocycles. The number of nitrogens with one attached hydrogen (secondary N) is 3. The van der Waals surface area contributed by atoms with Crippen molar-refractivity contribution < 1.29 is 67.3 Å². The third-order valence-corrected chi connectivity index (χ3v) is 18.4. The molecule has 0 aliphatic carbocycles. The quantitative estimate of drug-likeness (QED) is 0.0187. The third-order valence-electron chi connectivity index (χ3n) is 15.3. The monoisotopic (exact) mass is 1330 g/mol. The average molecular weight is 1330 g/mol. The number of aromatic carboxylic acids is 1. The van der Waals surface area contributed by atoms with Crippen LogP contribution in [0.3, 0.4) is 0 Å². The van der Waals surface area contributed by atoms with Gasteiger partial charge < -0.3 is 63.8 Å². The van der Waals surface area contributed by atoms with Crippen LogP contribution in [0.5, 0.6) is 5.75 Å². The first-order valence-electron chi connectivity index (χ1n) is 31.1. The molecule has 5 N–H and O–H groups in total. The maximum Gasteiger partial charge on any atom is 0.355 e. The van der Waals surface area contributed by atoms with Gasteiger partial charge in [-0.1, -0.05) is 92.5 Å². The minimum Gasteiger partial charge on any atom is -0.494 e. The number of rotatable bonds is 34. The van der Waals surface area contributed by atoms with E-state index in [2.05, 4.69) is 42.7 Å². The molecule has 3 aromatic heterocycles. The van der Waals surface area contributed by atoms with Crippen molar-refractivity contribution in [1.82, 2.24) is 30.5 Å². The number of aliphatic hydroxyl groups is 1. The topological polar surface area (TPSA) is 272 Å². The summed E-state index contributed by atoms with van der Waals surface area (Å²) in [4.78, 5) is 85.0. The number of aryl methyl sites for hydroxylation is 2. The number of likely N-dealkylation sites (tertiary alicyclic amines) is 1. The zero-order valence-electron chi connectivity index (χ0n) is 52.8. The van der Waals surface area contributed by atoms with Gasteiger partial charge in [-0.15, -0.1) is 22.7 Å². The van der Waals surface area contributed by atoms with E-state index in [-0.39, 0.29) is 69.2 Å². The number of hydrogen-bond donors (Lipinski definition) is 5. The molecule has 0 spiro atoms. The van der Waals surface area contributed by atoms with Gasteiger partial charge in [0.25, 0.3) is 5.91 Å². The number of thiazole rings is 3. The molecule has 1 fully saturated rings. The highest BCUT2D eigenvalue weighted by Crippen LogP contribution is 2.35. The number of carboxylic acid groups (broad SMARTS) is 1. The smallest absolute Gasteiger partial charge is 0.355 e. The summed E-state index contributed by atoms with van der Waals surface area (Å²) in [6.45, 7) is 13.2. The molecule has 494 valence electrons. The van der Waals surface area contributed by atoms with Crippen molar-refractivity contribution in [2.45, 2.75) is 91.1 Å². The predicted molar refractivity (Wildman–Crippen MR) is 356 cm³/mol. The minimum absolute atomic E-state index is 0.0126. The lowest BCUT2D eigenvalue weighted by Gasteiger charge is -2.35. The molecule has 7 aromatic rings. The van der Waals surface area contributed by atoms with Crippen LogP contribution < -0.4 is 25.6 Å². The highest BCUT2D eigenvalue weighted by molar-refractivity contribution is 7.22. The van der Waals surface area contributed by atoms with Crippen LogP contribution in [0.25, 0.3) is 20.7 Å². The normalized spacial score (nSPS) is 14.9. The first-order chi connectivity index (χ1) is 45.1. The highest BCUT2D eigenvalue weighted by atomic mass is 32.1. The number of nitrogens with zero attached hydrogens (tertiary/aromatic N) is 5. The number of ether oxygens (including phenoxy) is 7. The zero-order valence-corrected chi connectivity index (χ0v) is 55.2. The Morgan fingerprint density at radius 1 is 0.785 bits per heavy atom. The molecular formula is C68H80N8O14S3. The van der Waals surface area contributed by atoms with Gasteiger partial charge in [-0.3, -0.25) is 24.5 Å². The number of carbonyl (C=O) groups excluding carboxylic acids is 4. The first-order valence-corrected chi connectivity index (χ1v) is 33.6. The molecule has 4 aromatic carbocycles. The lowest BCUT2D eigenvalue weighted by atomic mass is 9.85. The number of carbonyl (C=O) groups is 5. The Balaban J connectivity index is 0.555. The summed E-state index contributed by atoms with van der Waals surface area (Å²) < 4.78 is 40.5. The Morgan fingerprint density at radius 2 is 1.47 bits per heavy atom. The maximum atomic E-state index is 14.0. The second-order valence-electron chi connectivity index (χ2n) is 23.2. The molecule has 1 saturated heterocycles. The molecule has 2 aliphatic rings. The van der Waals surface area contributed by atoms with Crippen molar-refractivity contribution >= 4 is 84.1 Å². The number of para-hydroxylation sites is 1. The van der Waals surface area contributed by atoms with Gasteiger partial charge in [0.05, 0.1) is 112 Å². The van der Waals surface area contributed by atoms with E-state index in [1.165, 1.54) is 27.6 Å². The summed E-state index contributed by atoms with van der Waals surface area (Å²) in [5.74, 6) is 4.29. The lowest BCUT2D eigenvalue weighted by Crippen LogP contribution is -2.57. The van der Waals surface area contributed by atoms with Crippen molar-refractivity contribution in [2.75, 3.05) is 109 Å². The van der Waals surface area contributed by atoms with E-state index in [4.69, 9.17) is 33.2 Å². The van der Waals surface area contributed by atoms with E-state index in [0.717, 1.165) is 48.6 Å². The van der Waals surface area contributed by atoms with E-state index in [1.807, 2.05) is 129 Å². The standard InChI is InChI=1S/C68H80N8O14S3/c1-45-60(91-44-70-45)49-20-16-47(17-21-49)41-69-63(80)55-40-50(77)42-76(55)64(81)61(68(2,3)4)72-58(78)25-29-85-31-33-87-35-37-89-39-38-88-36-34-86-32-30-84-27-8-10-46-18-22-51(23-19-46)90-28-9-15-57-59(65(82)83)73-67(93-57)75-26-24-48-11-7-12-52(53(48)43-75)62(79)74-66-71-54-13-5-6-14-56(54)92-66/h5-7,11-14,16-23,44,50,55,61,77H,9,15,24-43H2,1-4H3,(H,69,80)(H,72,78)(H,82,83)(H,71,74,79). The Hall–Kier alpha value is -7.74. The van der Waals surface area contributed by atoms with Crippen LogP contribution in [0, 0.1) is 24.2 Å². The number of amides is 4. The molecule has 2 aliphatic heterocycles. The number of aliphatic hydroxyl groups excluding tert-OH is 1. The Kier molecular flexibility index (Phi) is 26.2. The fourth-order valence-electron chi connectivity index (χ4n) is 10.5. The number of β-amino-alcohol motifs (C(OH)–C–C–N with tert-alkyl or cyclic N) is 1. The van der Waals surface area contributed by atoms with E-state index < -0.39 is 35.5 Å². The highest BCUT2D eigenvalue weighted by Gasteiger charge is 2.44.